The van der Waals surface area contributed by atoms with Gasteiger partial charge in [-0.05, 0) is 90.7 Å². The van der Waals surface area contributed by atoms with E-state index in [4.69, 9.17) is 0 Å². The van der Waals surface area contributed by atoms with Gasteiger partial charge in [-0.1, -0.05) is 43.0 Å². The van der Waals surface area contributed by atoms with Crippen LogP contribution in [0.15, 0.2) is 85.4 Å². The van der Waals surface area contributed by atoms with Gasteiger partial charge in [0.1, 0.15) is 23.1 Å². The quantitative estimate of drug-likeness (QED) is 0.202. The molecule has 0 bridgehead atoms. The maximum Gasteiger partial charge on any atom is 0.131 e. The summed E-state index contributed by atoms with van der Waals surface area (Å²) in [6.07, 6.45) is 6.87. The predicted molar refractivity (Wildman–Crippen MR) is 151 cm³/mol. The van der Waals surface area contributed by atoms with Crippen molar-refractivity contribution in [3.63, 3.8) is 0 Å². The summed E-state index contributed by atoms with van der Waals surface area (Å²) in [5.41, 5.74) is 2.35. The van der Waals surface area contributed by atoms with E-state index < -0.39 is 23.3 Å². The van der Waals surface area contributed by atoms with E-state index in [-0.39, 0.29) is 29.5 Å². The highest BCUT2D eigenvalue weighted by Crippen LogP contribution is 2.42. The number of allylic oxidation sites excluding steroid dienone is 1. The van der Waals surface area contributed by atoms with E-state index in [2.05, 4.69) is 23.7 Å². The van der Waals surface area contributed by atoms with Crippen molar-refractivity contribution in [1.82, 2.24) is 9.88 Å². The van der Waals surface area contributed by atoms with E-state index in [0.29, 0.717) is 6.42 Å². The summed E-state index contributed by atoms with van der Waals surface area (Å²) < 4.78 is 46.3. The molecule has 1 aliphatic heterocycles. The number of halogens is 3. The van der Waals surface area contributed by atoms with Crippen molar-refractivity contribution in [2.24, 2.45) is 0 Å². The number of aromatic nitrogens is 1. The Balaban J connectivity index is 1.63. The van der Waals surface area contributed by atoms with Crippen LogP contribution in [0.4, 0.5) is 13.2 Å². The Hall–Kier alpha value is -3.90. The molecule has 0 unspecified atom stereocenters. The van der Waals surface area contributed by atoms with Crippen LogP contribution >= 0.6 is 0 Å². The highest BCUT2D eigenvalue weighted by Gasteiger charge is 2.39. The fraction of sp³-hybridized carbons (Fsp3) is 0.242. The van der Waals surface area contributed by atoms with Crippen molar-refractivity contribution < 1.29 is 18.3 Å². The number of aliphatic hydroxyl groups is 1. The highest BCUT2D eigenvalue weighted by molar-refractivity contribution is 5.86. The molecule has 3 aromatic carbocycles. The van der Waals surface area contributed by atoms with Gasteiger partial charge < -0.3 is 5.11 Å². The van der Waals surface area contributed by atoms with Crippen molar-refractivity contribution in [1.29, 1.82) is 0 Å². The van der Waals surface area contributed by atoms with Crippen molar-refractivity contribution in [3.05, 3.63) is 119 Å². The second kappa shape index (κ2) is 10.3. The summed E-state index contributed by atoms with van der Waals surface area (Å²) in [7, 11) is 0. The molecule has 5 rings (SSSR count). The molecule has 2 heterocycles. The first-order valence-corrected chi connectivity index (χ1v) is 13.0. The number of fused-ring (bicyclic) bond motifs is 2. The fourth-order valence-corrected chi connectivity index (χ4v) is 5.52. The van der Waals surface area contributed by atoms with Crippen LogP contribution in [0.5, 0.6) is 0 Å². The molecular weight excluding hydrogens is 497 g/mol. The molecule has 4 aromatic rings. The number of benzene rings is 3. The van der Waals surface area contributed by atoms with Gasteiger partial charge in [0, 0.05) is 35.9 Å². The molecule has 0 fully saturated rings. The van der Waals surface area contributed by atoms with E-state index in [9.17, 15) is 9.50 Å². The van der Waals surface area contributed by atoms with Crippen LogP contribution in [0.3, 0.4) is 0 Å². The zero-order valence-corrected chi connectivity index (χ0v) is 22.3. The molecule has 6 heteroatoms. The lowest BCUT2D eigenvalue weighted by Gasteiger charge is -2.44. The van der Waals surface area contributed by atoms with E-state index >= 15 is 8.78 Å². The lowest BCUT2D eigenvalue weighted by Crippen LogP contribution is -2.48. The van der Waals surface area contributed by atoms with E-state index in [0.717, 1.165) is 33.0 Å². The second-order valence-corrected chi connectivity index (χ2v) is 10.9. The molecule has 3 nitrogen and oxygen atoms in total. The smallest absolute Gasteiger partial charge is 0.131 e. The largest absolute Gasteiger partial charge is 0.509 e. The maximum atomic E-state index is 15.7. The first-order valence-electron chi connectivity index (χ1n) is 13.0. The molecule has 1 aliphatic rings. The van der Waals surface area contributed by atoms with Crippen LogP contribution < -0.4 is 0 Å². The van der Waals surface area contributed by atoms with Crippen LogP contribution in [0.25, 0.3) is 28.0 Å². The van der Waals surface area contributed by atoms with Gasteiger partial charge in [-0.15, -0.1) is 0 Å². The number of aliphatic hydroxyl groups excluding tert-OH is 1. The minimum Gasteiger partial charge on any atom is -0.509 e. The van der Waals surface area contributed by atoms with Gasteiger partial charge in [-0.25, -0.2) is 13.2 Å². The molecule has 0 spiro atoms. The lowest BCUT2D eigenvalue weighted by atomic mass is 9.82. The first-order chi connectivity index (χ1) is 18.5. The molecule has 1 N–H and O–H groups in total. The standard InChI is InChI=1S/C33H31F3N2O/c1-20-13-27-17-24(23-7-8-26-18-37-12-11-25(26)16-23)9-10-28(27)32(38(20)19-33(3,4)36)31-29(34)14-22(15-30(31)35)6-5-21(2)39/h5-12,14-18,20,32,39H,2,13,19H2,1,3-4H3/b6-5+/t20-,32+/m0/s1. The summed E-state index contributed by atoms with van der Waals surface area (Å²) in [5, 5.41) is 11.5. The van der Waals surface area contributed by atoms with Gasteiger partial charge in [0.2, 0.25) is 0 Å². The van der Waals surface area contributed by atoms with Gasteiger partial charge in [0.25, 0.3) is 0 Å². The Kier molecular flexibility index (Phi) is 7.08. The summed E-state index contributed by atoms with van der Waals surface area (Å²) in [5.74, 6) is -1.67. The van der Waals surface area contributed by atoms with Crippen molar-refractivity contribution in [2.75, 3.05) is 6.54 Å². The van der Waals surface area contributed by atoms with Crippen LogP contribution in [-0.4, -0.2) is 33.2 Å². The number of nitrogens with zero attached hydrogens (tertiary/aromatic N) is 2. The number of pyridine rings is 1. The lowest BCUT2D eigenvalue weighted by molar-refractivity contribution is 0.0653. The number of alkyl halides is 1. The maximum absolute atomic E-state index is 15.7. The van der Waals surface area contributed by atoms with Crippen LogP contribution in [0, 0.1) is 11.6 Å². The third-order valence-corrected chi connectivity index (χ3v) is 7.23. The second-order valence-electron chi connectivity index (χ2n) is 10.9. The molecule has 0 amide bonds. The van der Waals surface area contributed by atoms with E-state index in [1.54, 1.807) is 6.20 Å². The van der Waals surface area contributed by atoms with Gasteiger partial charge in [0.05, 0.1) is 6.04 Å². The Morgan fingerprint density at radius 3 is 2.44 bits per heavy atom. The monoisotopic (exact) mass is 528 g/mol. The predicted octanol–water partition coefficient (Wildman–Crippen LogP) is 8.35. The summed E-state index contributed by atoms with van der Waals surface area (Å²) in [6.45, 7) is 8.31. The molecule has 0 radical (unpaired) electrons. The molecule has 39 heavy (non-hydrogen) atoms. The SMILES string of the molecule is C=C(O)/C=C/c1cc(F)c([C@H]2c3ccc(-c4ccc5cnccc5c4)cc3C[C@H](C)N2CC(C)(C)F)c(F)c1. The van der Waals surface area contributed by atoms with Crippen molar-refractivity contribution >= 4 is 16.8 Å². The normalized spacial score (nSPS) is 18.0. The van der Waals surface area contributed by atoms with Crippen LogP contribution in [0.2, 0.25) is 0 Å². The summed E-state index contributed by atoms with van der Waals surface area (Å²) in [6, 6.07) is 15.6. The molecule has 0 saturated heterocycles. The number of hydrogen-bond donors (Lipinski definition) is 1. The molecule has 200 valence electrons. The molecule has 1 aromatic heterocycles. The Bertz CT molecular complexity index is 1560. The topological polar surface area (TPSA) is 36.4 Å². The summed E-state index contributed by atoms with van der Waals surface area (Å²) >= 11 is 0. The number of hydrogen-bond acceptors (Lipinski definition) is 3. The first kappa shape index (κ1) is 26.7. The van der Waals surface area contributed by atoms with Gasteiger partial charge in [-0.2, -0.15) is 0 Å². The fourth-order valence-electron chi connectivity index (χ4n) is 5.52. The highest BCUT2D eigenvalue weighted by atomic mass is 19.1. The molecule has 0 saturated carbocycles. The molecular formula is C33H31F3N2O. The van der Waals surface area contributed by atoms with Gasteiger partial charge in [-0.3, -0.25) is 9.88 Å². The molecule has 2 atom stereocenters. The average Bonchev–Trinajstić information content (AvgIpc) is 2.87. The minimum atomic E-state index is -1.57. The van der Waals surface area contributed by atoms with Crippen LogP contribution in [-0.2, 0) is 6.42 Å². The van der Waals surface area contributed by atoms with Gasteiger partial charge in [0.15, 0.2) is 0 Å². The Morgan fingerprint density at radius 2 is 1.74 bits per heavy atom. The van der Waals surface area contributed by atoms with E-state index in [1.165, 1.54) is 38.1 Å². The average molecular weight is 529 g/mol. The van der Waals surface area contributed by atoms with Gasteiger partial charge >= 0.3 is 0 Å². The Morgan fingerprint density at radius 1 is 1.05 bits per heavy atom. The third-order valence-electron chi connectivity index (χ3n) is 7.23. The van der Waals surface area contributed by atoms with Crippen molar-refractivity contribution in [2.45, 2.75) is 44.9 Å². The zero-order valence-electron chi connectivity index (χ0n) is 22.3. The van der Waals surface area contributed by atoms with Crippen molar-refractivity contribution in [3.8, 4) is 11.1 Å². The number of rotatable bonds is 6. The van der Waals surface area contributed by atoms with E-state index in [1.807, 2.05) is 48.4 Å². The third kappa shape index (κ3) is 5.62. The summed E-state index contributed by atoms with van der Waals surface area (Å²) in [4.78, 5) is 6.04. The van der Waals surface area contributed by atoms with Crippen LogP contribution in [0.1, 0.15) is 49.1 Å². The zero-order chi connectivity index (χ0) is 27.9. The molecule has 0 aliphatic carbocycles. The Labute approximate surface area is 226 Å². The minimum absolute atomic E-state index is 0.0175.